The molecule has 6 nitrogen and oxygen atoms in total. The van der Waals surface area contributed by atoms with Gasteiger partial charge in [-0.1, -0.05) is 18.2 Å². The number of anilines is 1. The highest BCUT2D eigenvalue weighted by Gasteiger charge is 2.23. The van der Waals surface area contributed by atoms with Crippen LogP contribution in [0, 0.1) is 0 Å². The predicted octanol–water partition coefficient (Wildman–Crippen LogP) is 2.86. The van der Waals surface area contributed by atoms with Gasteiger partial charge in [-0.15, -0.1) is 0 Å². The van der Waals surface area contributed by atoms with E-state index in [0.717, 1.165) is 29.7 Å². The first-order valence-electron chi connectivity index (χ1n) is 9.04. The summed E-state index contributed by atoms with van der Waals surface area (Å²) in [4.78, 5) is 13.7. The third-order valence-corrected chi connectivity index (χ3v) is 5.98. The van der Waals surface area contributed by atoms with Gasteiger partial charge in [0.1, 0.15) is 5.75 Å². The Morgan fingerprint density at radius 3 is 2.74 bits per heavy atom. The summed E-state index contributed by atoms with van der Waals surface area (Å²) < 4.78 is 33.7. The van der Waals surface area contributed by atoms with Gasteiger partial charge in [0.05, 0.1) is 11.5 Å². The number of fused-ring (bicyclic) bond motifs is 1. The summed E-state index contributed by atoms with van der Waals surface area (Å²) in [7, 11) is -3.67. The van der Waals surface area contributed by atoms with Crippen molar-refractivity contribution in [1.29, 1.82) is 0 Å². The highest BCUT2D eigenvalue weighted by atomic mass is 32.2. The molecule has 0 unspecified atom stereocenters. The second-order valence-electron chi connectivity index (χ2n) is 6.43. The van der Waals surface area contributed by atoms with Gasteiger partial charge in [-0.05, 0) is 49.6 Å². The zero-order valence-electron chi connectivity index (χ0n) is 15.6. The molecule has 1 N–H and O–H groups in total. The summed E-state index contributed by atoms with van der Waals surface area (Å²) in [6.45, 7) is 4.74. The Kier molecular flexibility index (Phi) is 5.82. The normalized spacial score (nSPS) is 13.9. The lowest BCUT2D eigenvalue weighted by Gasteiger charge is -2.28. The van der Waals surface area contributed by atoms with Crippen molar-refractivity contribution in [2.45, 2.75) is 38.1 Å². The van der Waals surface area contributed by atoms with E-state index in [-0.39, 0.29) is 17.3 Å². The molecule has 1 aliphatic rings. The van der Waals surface area contributed by atoms with E-state index in [9.17, 15) is 13.2 Å². The van der Waals surface area contributed by atoms with Crippen LogP contribution in [0.15, 0.2) is 47.4 Å². The minimum absolute atomic E-state index is 0.0304. The molecular formula is C20H24N2O4S. The number of para-hydroxylation sites is 1. The molecule has 0 spiro atoms. The average Bonchev–Trinajstić information content (AvgIpc) is 2.66. The van der Waals surface area contributed by atoms with Gasteiger partial charge >= 0.3 is 0 Å². The number of hydrogen-bond donors (Lipinski definition) is 1. The van der Waals surface area contributed by atoms with Crippen LogP contribution < -0.4 is 14.4 Å². The largest absolute Gasteiger partial charge is 0.494 e. The molecule has 27 heavy (non-hydrogen) atoms. The van der Waals surface area contributed by atoms with Crippen LogP contribution in [-0.4, -0.2) is 27.5 Å². The number of carbonyl (C=O) groups excluding carboxylic acids is 1. The summed E-state index contributed by atoms with van der Waals surface area (Å²) in [5.41, 5.74) is 2.46. The first-order valence-corrected chi connectivity index (χ1v) is 10.5. The molecule has 1 aliphatic heterocycles. The van der Waals surface area contributed by atoms with Crippen molar-refractivity contribution >= 4 is 21.6 Å². The van der Waals surface area contributed by atoms with Gasteiger partial charge in [0.25, 0.3) is 0 Å². The van der Waals surface area contributed by atoms with Crippen LogP contribution in [0.25, 0.3) is 0 Å². The number of rotatable bonds is 6. The highest BCUT2D eigenvalue weighted by molar-refractivity contribution is 7.89. The Balaban J connectivity index is 1.81. The first kappa shape index (κ1) is 19.4. The van der Waals surface area contributed by atoms with Crippen molar-refractivity contribution in [3.8, 4) is 5.75 Å². The third kappa shape index (κ3) is 4.31. The van der Waals surface area contributed by atoms with Gasteiger partial charge in [0.15, 0.2) is 0 Å². The van der Waals surface area contributed by atoms with Crippen LogP contribution in [0.4, 0.5) is 5.69 Å². The van der Waals surface area contributed by atoms with Crippen LogP contribution in [0.1, 0.15) is 31.4 Å². The zero-order valence-corrected chi connectivity index (χ0v) is 16.4. The van der Waals surface area contributed by atoms with Crippen molar-refractivity contribution in [1.82, 2.24) is 4.72 Å². The Bertz CT molecular complexity index is 941. The summed E-state index contributed by atoms with van der Waals surface area (Å²) >= 11 is 0. The van der Waals surface area contributed by atoms with Crippen molar-refractivity contribution in [2.24, 2.45) is 0 Å². The lowest BCUT2D eigenvalue weighted by Crippen LogP contribution is -2.33. The molecule has 1 amide bonds. The van der Waals surface area contributed by atoms with E-state index in [4.69, 9.17) is 4.74 Å². The Morgan fingerprint density at radius 1 is 1.22 bits per heavy atom. The Morgan fingerprint density at radius 2 is 2.00 bits per heavy atom. The van der Waals surface area contributed by atoms with Crippen molar-refractivity contribution in [3.05, 3.63) is 53.6 Å². The van der Waals surface area contributed by atoms with Gasteiger partial charge < -0.3 is 9.64 Å². The molecule has 7 heteroatoms. The molecule has 0 saturated heterocycles. The van der Waals surface area contributed by atoms with E-state index in [0.29, 0.717) is 18.9 Å². The summed E-state index contributed by atoms with van der Waals surface area (Å²) in [5.74, 6) is 0.641. The van der Waals surface area contributed by atoms with Gasteiger partial charge in [-0.25, -0.2) is 13.1 Å². The van der Waals surface area contributed by atoms with Gasteiger partial charge in [0.2, 0.25) is 15.9 Å². The molecule has 0 radical (unpaired) electrons. The fourth-order valence-corrected chi connectivity index (χ4v) is 4.33. The monoisotopic (exact) mass is 388 g/mol. The summed E-state index contributed by atoms with van der Waals surface area (Å²) in [6.07, 6.45) is 1.58. The maximum atomic E-state index is 12.7. The lowest BCUT2D eigenvalue weighted by molar-refractivity contribution is -0.116. The quantitative estimate of drug-likeness (QED) is 0.826. The number of ether oxygens (including phenoxy) is 1. The van der Waals surface area contributed by atoms with Crippen molar-refractivity contribution in [2.75, 3.05) is 18.1 Å². The minimum atomic E-state index is -3.67. The number of nitrogens with zero attached hydrogens (tertiary/aromatic N) is 1. The topological polar surface area (TPSA) is 75.7 Å². The van der Waals surface area contributed by atoms with E-state index >= 15 is 0 Å². The number of nitrogens with one attached hydrogen (secondary N) is 1. The van der Waals surface area contributed by atoms with Gasteiger partial charge in [-0.3, -0.25) is 4.79 Å². The minimum Gasteiger partial charge on any atom is -0.494 e. The Hall–Kier alpha value is -2.38. The van der Waals surface area contributed by atoms with E-state index in [2.05, 4.69) is 4.72 Å². The molecule has 0 fully saturated rings. The molecule has 3 rings (SSSR count). The molecule has 0 bridgehead atoms. The zero-order chi connectivity index (χ0) is 19.4. The van der Waals surface area contributed by atoms with Crippen LogP contribution in [0.5, 0.6) is 5.75 Å². The number of hydrogen-bond acceptors (Lipinski definition) is 4. The highest BCUT2D eigenvalue weighted by Crippen LogP contribution is 2.29. The molecule has 2 aromatic carbocycles. The molecule has 2 aromatic rings. The standard InChI is InChI=1S/C20H24N2O4S/c1-3-26-20-9-5-4-7-17(20)14-21-27(24,25)18-10-11-19-16(13-18)8-6-12-22(19)15(2)23/h4-5,7,9-11,13,21H,3,6,8,12,14H2,1-2H3. The van der Waals surface area contributed by atoms with Gasteiger partial charge in [-0.2, -0.15) is 0 Å². The maximum Gasteiger partial charge on any atom is 0.240 e. The van der Waals surface area contributed by atoms with E-state index in [1.807, 2.05) is 31.2 Å². The maximum absolute atomic E-state index is 12.7. The average molecular weight is 388 g/mol. The SMILES string of the molecule is CCOc1ccccc1CNS(=O)(=O)c1ccc2c(c1)CCCN2C(C)=O. The molecule has 0 aromatic heterocycles. The second-order valence-corrected chi connectivity index (χ2v) is 8.20. The van der Waals surface area contributed by atoms with Crippen LogP contribution in [-0.2, 0) is 27.8 Å². The molecule has 1 heterocycles. The number of benzene rings is 2. The fourth-order valence-electron chi connectivity index (χ4n) is 3.27. The predicted molar refractivity (Wildman–Crippen MR) is 104 cm³/mol. The summed E-state index contributed by atoms with van der Waals surface area (Å²) in [5, 5.41) is 0. The number of aryl methyl sites for hydroxylation is 1. The Labute approximate surface area is 160 Å². The van der Waals surface area contributed by atoms with Crippen LogP contribution in [0.2, 0.25) is 0 Å². The lowest BCUT2D eigenvalue weighted by atomic mass is 10.0. The van der Waals surface area contributed by atoms with Gasteiger partial charge in [0, 0.05) is 31.3 Å². The smallest absolute Gasteiger partial charge is 0.240 e. The van der Waals surface area contributed by atoms with Crippen LogP contribution >= 0.6 is 0 Å². The number of amides is 1. The summed E-state index contributed by atoms with van der Waals surface area (Å²) in [6, 6.07) is 12.3. The van der Waals surface area contributed by atoms with Crippen LogP contribution in [0.3, 0.4) is 0 Å². The van der Waals surface area contributed by atoms with E-state index in [1.165, 1.54) is 6.92 Å². The fraction of sp³-hybridized carbons (Fsp3) is 0.350. The molecule has 0 saturated carbocycles. The molecular weight excluding hydrogens is 364 g/mol. The third-order valence-electron chi connectivity index (χ3n) is 4.59. The molecule has 144 valence electrons. The second kappa shape index (κ2) is 8.10. The molecule has 0 aliphatic carbocycles. The van der Waals surface area contributed by atoms with E-state index < -0.39 is 10.0 Å². The number of sulfonamides is 1. The van der Waals surface area contributed by atoms with E-state index in [1.54, 1.807) is 23.1 Å². The first-order chi connectivity index (χ1) is 12.9. The molecule has 0 atom stereocenters. The van der Waals surface area contributed by atoms with Crippen molar-refractivity contribution < 1.29 is 17.9 Å². The van der Waals surface area contributed by atoms with Crippen molar-refractivity contribution in [3.63, 3.8) is 0 Å². The number of carbonyl (C=O) groups is 1.